The van der Waals surface area contributed by atoms with E-state index in [1.165, 1.54) is 5.56 Å². The molecule has 5 heteroatoms. The summed E-state index contributed by atoms with van der Waals surface area (Å²) >= 11 is 0. The highest BCUT2D eigenvalue weighted by molar-refractivity contribution is 5.14. The third-order valence-corrected chi connectivity index (χ3v) is 3.91. The Hall–Kier alpha value is -0.910. The van der Waals surface area contributed by atoms with Crippen molar-refractivity contribution in [3.63, 3.8) is 0 Å². The number of nitrogens with one attached hydrogen (secondary N) is 1. The summed E-state index contributed by atoms with van der Waals surface area (Å²) < 4.78 is 8.03. The van der Waals surface area contributed by atoms with Crippen LogP contribution in [-0.4, -0.2) is 53.6 Å². The van der Waals surface area contributed by atoms with Crippen molar-refractivity contribution in [3.8, 4) is 0 Å². The number of nitrogens with zero attached hydrogens (tertiary/aromatic N) is 3. The van der Waals surface area contributed by atoms with Crippen molar-refractivity contribution in [2.24, 2.45) is 0 Å². The highest BCUT2D eigenvalue weighted by Crippen LogP contribution is 2.30. The summed E-state index contributed by atoms with van der Waals surface area (Å²) in [6.45, 7) is 10.3. The zero-order valence-electron chi connectivity index (χ0n) is 13.2. The minimum Gasteiger partial charge on any atom is -0.374 e. The lowest BCUT2D eigenvalue weighted by molar-refractivity contribution is -0.0815. The fourth-order valence-corrected chi connectivity index (χ4v) is 2.99. The van der Waals surface area contributed by atoms with Crippen LogP contribution in [0.5, 0.6) is 0 Å². The molecule has 1 saturated heterocycles. The largest absolute Gasteiger partial charge is 0.374 e. The second-order valence-corrected chi connectivity index (χ2v) is 5.78. The van der Waals surface area contributed by atoms with Crippen molar-refractivity contribution in [3.05, 3.63) is 18.0 Å². The van der Waals surface area contributed by atoms with Crippen LogP contribution in [0, 0.1) is 0 Å². The van der Waals surface area contributed by atoms with E-state index in [0.29, 0.717) is 12.1 Å². The highest BCUT2D eigenvalue weighted by atomic mass is 16.5. The van der Waals surface area contributed by atoms with Gasteiger partial charge in [-0.2, -0.15) is 5.10 Å². The van der Waals surface area contributed by atoms with Gasteiger partial charge in [-0.25, -0.2) is 0 Å². The summed E-state index contributed by atoms with van der Waals surface area (Å²) in [6.07, 6.45) is 5.49. The number of rotatable bonds is 6. The van der Waals surface area contributed by atoms with Gasteiger partial charge in [0.05, 0.1) is 24.9 Å². The molecule has 20 heavy (non-hydrogen) atoms. The second-order valence-electron chi connectivity index (χ2n) is 5.78. The Bertz CT molecular complexity index is 402. The quantitative estimate of drug-likeness (QED) is 0.860. The van der Waals surface area contributed by atoms with Gasteiger partial charge in [0.25, 0.3) is 0 Å². The van der Waals surface area contributed by atoms with Crippen LogP contribution in [0.4, 0.5) is 0 Å². The lowest BCUT2D eigenvalue weighted by Gasteiger charge is -2.43. The second kappa shape index (κ2) is 7.20. The van der Waals surface area contributed by atoms with E-state index >= 15 is 0 Å². The minimum atomic E-state index is 0.190. The standard InChI is InChI=1S/C15H28N4O/c1-5-6-18-11-13(9-17-18)15-14(10-16-4)20-8-7-19(15)12(2)3/h9,11-12,14-16H,5-8,10H2,1-4H3. The number of ether oxygens (including phenoxy) is 1. The summed E-state index contributed by atoms with van der Waals surface area (Å²) in [5.74, 6) is 0. The molecule has 1 fully saturated rings. The van der Waals surface area contributed by atoms with Crippen LogP contribution in [0.15, 0.2) is 12.4 Å². The Balaban J connectivity index is 2.23. The van der Waals surface area contributed by atoms with Gasteiger partial charge in [0.15, 0.2) is 0 Å². The van der Waals surface area contributed by atoms with Crippen molar-refractivity contribution < 1.29 is 4.74 Å². The van der Waals surface area contributed by atoms with E-state index < -0.39 is 0 Å². The molecule has 2 rings (SSSR count). The monoisotopic (exact) mass is 280 g/mol. The Morgan fingerprint density at radius 3 is 2.95 bits per heavy atom. The first-order chi connectivity index (χ1) is 9.67. The number of hydrogen-bond acceptors (Lipinski definition) is 4. The molecule has 0 saturated carbocycles. The van der Waals surface area contributed by atoms with Crippen LogP contribution in [0.1, 0.15) is 38.8 Å². The molecule has 0 aliphatic carbocycles. The van der Waals surface area contributed by atoms with Crippen LogP contribution >= 0.6 is 0 Å². The third-order valence-electron chi connectivity index (χ3n) is 3.91. The van der Waals surface area contributed by atoms with Gasteiger partial charge in [0.1, 0.15) is 0 Å². The molecule has 0 aromatic carbocycles. The van der Waals surface area contributed by atoms with Crippen LogP contribution in [0.3, 0.4) is 0 Å². The summed E-state index contributed by atoms with van der Waals surface area (Å²) in [6, 6.07) is 0.805. The molecular formula is C15H28N4O. The Morgan fingerprint density at radius 2 is 2.30 bits per heavy atom. The molecule has 114 valence electrons. The number of aromatic nitrogens is 2. The maximum absolute atomic E-state index is 5.99. The molecule has 1 aromatic rings. The van der Waals surface area contributed by atoms with E-state index in [-0.39, 0.29) is 6.10 Å². The SMILES string of the molecule is CCCn1cc(C2C(CNC)OCCN2C(C)C)cn1. The first kappa shape index (κ1) is 15.5. The van der Waals surface area contributed by atoms with Gasteiger partial charge in [-0.3, -0.25) is 9.58 Å². The molecule has 0 bridgehead atoms. The number of aryl methyl sites for hydroxylation is 1. The first-order valence-electron chi connectivity index (χ1n) is 7.71. The van der Waals surface area contributed by atoms with E-state index in [9.17, 15) is 0 Å². The van der Waals surface area contributed by atoms with Gasteiger partial charge in [-0.15, -0.1) is 0 Å². The summed E-state index contributed by atoms with van der Waals surface area (Å²) in [5, 5.41) is 7.73. The van der Waals surface area contributed by atoms with E-state index in [2.05, 4.69) is 42.3 Å². The normalized spacial score (nSPS) is 24.4. The van der Waals surface area contributed by atoms with Gasteiger partial charge in [-0.1, -0.05) is 6.92 Å². The van der Waals surface area contributed by atoms with Crippen LogP contribution in [-0.2, 0) is 11.3 Å². The van der Waals surface area contributed by atoms with Gasteiger partial charge in [0, 0.05) is 37.4 Å². The Morgan fingerprint density at radius 1 is 1.50 bits per heavy atom. The molecule has 0 radical (unpaired) electrons. The van der Waals surface area contributed by atoms with Gasteiger partial charge < -0.3 is 10.1 Å². The van der Waals surface area contributed by atoms with Crippen molar-refractivity contribution in [2.45, 2.75) is 51.9 Å². The molecule has 0 spiro atoms. The fourth-order valence-electron chi connectivity index (χ4n) is 2.99. The Labute approximate surface area is 122 Å². The molecule has 2 unspecified atom stereocenters. The zero-order valence-corrected chi connectivity index (χ0v) is 13.2. The minimum absolute atomic E-state index is 0.190. The van der Waals surface area contributed by atoms with Gasteiger partial charge in [-0.05, 0) is 27.3 Å². The van der Waals surface area contributed by atoms with E-state index in [1.54, 1.807) is 0 Å². The molecule has 1 aromatic heterocycles. The topological polar surface area (TPSA) is 42.3 Å². The summed E-state index contributed by atoms with van der Waals surface area (Å²) in [5.41, 5.74) is 1.27. The molecule has 0 amide bonds. The molecule has 2 heterocycles. The molecule has 1 aliphatic heterocycles. The maximum Gasteiger partial charge on any atom is 0.0897 e. The third kappa shape index (κ3) is 3.40. The predicted molar refractivity (Wildman–Crippen MR) is 80.8 cm³/mol. The molecular weight excluding hydrogens is 252 g/mol. The van der Waals surface area contributed by atoms with E-state index in [4.69, 9.17) is 4.74 Å². The predicted octanol–water partition coefficient (Wildman–Crippen LogP) is 1.66. The van der Waals surface area contributed by atoms with Gasteiger partial charge >= 0.3 is 0 Å². The number of hydrogen-bond donors (Lipinski definition) is 1. The number of likely N-dealkylation sites (N-methyl/N-ethyl adjacent to an activating group) is 1. The average molecular weight is 280 g/mol. The Kier molecular flexibility index (Phi) is 5.57. The smallest absolute Gasteiger partial charge is 0.0897 e. The molecule has 2 atom stereocenters. The van der Waals surface area contributed by atoms with Crippen molar-refractivity contribution in [1.29, 1.82) is 0 Å². The molecule has 1 N–H and O–H groups in total. The average Bonchev–Trinajstić information content (AvgIpc) is 2.87. The first-order valence-corrected chi connectivity index (χ1v) is 7.71. The van der Waals surface area contributed by atoms with Crippen LogP contribution in [0.2, 0.25) is 0 Å². The van der Waals surface area contributed by atoms with Crippen LogP contribution in [0.25, 0.3) is 0 Å². The fraction of sp³-hybridized carbons (Fsp3) is 0.800. The maximum atomic E-state index is 5.99. The van der Waals surface area contributed by atoms with Crippen molar-refractivity contribution >= 4 is 0 Å². The molecule has 1 aliphatic rings. The lowest BCUT2D eigenvalue weighted by atomic mass is 9.99. The van der Waals surface area contributed by atoms with Crippen LogP contribution < -0.4 is 5.32 Å². The number of morpholine rings is 1. The highest BCUT2D eigenvalue weighted by Gasteiger charge is 2.35. The zero-order chi connectivity index (χ0) is 14.5. The van der Waals surface area contributed by atoms with E-state index in [0.717, 1.165) is 32.7 Å². The van der Waals surface area contributed by atoms with Crippen molar-refractivity contribution in [1.82, 2.24) is 20.0 Å². The van der Waals surface area contributed by atoms with Gasteiger partial charge in [0.2, 0.25) is 0 Å². The van der Waals surface area contributed by atoms with E-state index in [1.807, 2.05) is 17.9 Å². The summed E-state index contributed by atoms with van der Waals surface area (Å²) in [7, 11) is 1.98. The lowest BCUT2D eigenvalue weighted by Crippen LogP contribution is -2.51. The van der Waals surface area contributed by atoms with Crippen molar-refractivity contribution in [2.75, 3.05) is 26.7 Å². The molecule has 5 nitrogen and oxygen atoms in total. The summed E-state index contributed by atoms with van der Waals surface area (Å²) in [4.78, 5) is 2.53.